The van der Waals surface area contributed by atoms with Gasteiger partial charge in [-0.05, 0) is 6.42 Å². The molecule has 0 spiro atoms. The topological polar surface area (TPSA) is 95.6 Å². The fourth-order valence-electron chi connectivity index (χ4n) is 2.38. The van der Waals surface area contributed by atoms with Gasteiger partial charge in [-0.1, -0.05) is 0 Å². The Morgan fingerprint density at radius 2 is 1.95 bits per heavy atom. The van der Waals surface area contributed by atoms with Crippen LogP contribution in [0.25, 0.3) is 0 Å². The lowest BCUT2D eigenvalue weighted by Gasteiger charge is -2.27. The summed E-state index contributed by atoms with van der Waals surface area (Å²) in [6, 6.07) is -0.446. The highest BCUT2D eigenvalue weighted by Crippen LogP contribution is 2.12. The van der Waals surface area contributed by atoms with Gasteiger partial charge in [0.1, 0.15) is 0 Å². The number of rotatable bonds is 5. The molecule has 2 rings (SSSR count). The van der Waals surface area contributed by atoms with E-state index in [1.54, 1.807) is 0 Å². The molecule has 2 N–H and O–H groups in total. The third-order valence-corrected chi connectivity index (χ3v) is 6.64. The lowest BCUT2D eigenvalue weighted by atomic mass is 10.3. The van der Waals surface area contributed by atoms with Crippen molar-refractivity contribution < 1.29 is 16.8 Å². The van der Waals surface area contributed by atoms with E-state index in [0.717, 1.165) is 26.2 Å². The highest BCUT2D eigenvalue weighted by Gasteiger charge is 2.30. The zero-order valence-electron chi connectivity index (χ0n) is 10.8. The third-order valence-electron chi connectivity index (χ3n) is 3.46. The van der Waals surface area contributed by atoms with Crippen molar-refractivity contribution in [3.05, 3.63) is 0 Å². The van der Waals surface area contributed by atoms with E-state index in [-0.39, 0.29) is 17.3 Å². The maximum Gasteiger partial charge on any atom is 0.213 e. The van der Waals surface area contributed by atoms with Crippen molar-refractivity contribution in [2.75, 3.05) is 50.0 Å². The number of sulfone groups is 1. The number of hydrogen-bond acceptors (Lipinski definition) is 6. The molecule has 0 aliphatic carbocycles. The van der Waals surface area contributed by atoms with Gasteiger partial charge in [-0.25, -0.2) is 21.6 Å². The molecule has 1 unspecified atom stereocenters. The van der Waals surface area contributed by atoms with Crippen LogP contribution in [0.2, 0.25) is 0 Å². The molecule has 2 saturated heterocycles. The largest absolute Gasteiger partial charge is 0.314 e. The van der Waals surface area contributed by atoms with Gasteiger partial charge in [-0.3, -0.25) is 4.90 Å². The second-order valence-corrected chi connectivity index (χ2v) is 9.23. The summed E-state index contributed by atoms with van der Waals surface area (Å²) in [7, 11) is -6.44. The van der Waals surface area contributed by atoms with Crippen molar-refractivity contribution in [3.63, 3.8) is 0 Å². The number of nitrogens with one attached hydrogen (secondary N) is 2. The second kappa shape index (κ2) is 6.04. The highest BCUT2D eigenvalue weighted by molar-refractivity contribution is 7.92. The standard InChI is InChI=1S/C10H21N3O4S2/c14-18(15)7-1-10(9-18)12-19(16,17)8-6-13-4-2-11-3-5-13/h10-12H,1-9H2. The maximum absolute atomic E-state index is 11.9. The van der Waals surface area contributed by atoms with Crippen LogP contribution >= 0.6 is 0 Å². The maximum atomic E-state index is 11.9. The van der Waals surface area contributed by atoms with Gasteiger partial charge in [0.15, 0.2) is 9.84 Å². The van der Waals surface area contributed by atoms with Crippen LogP contribution in [-0.4, -0.2) is 77.8 Å². The van der Waals surface area contributed by atoms with Gasteiger partial charge in [-0.15, -0.1) is 0 Å². The zero-order chi connectivity index (χ0) is 13.9. The van der Waals surface area contributed by atoms with Gasteiger partial charge in [0.2, 0.25) is 10.0 Å². The Labute approximate surface area is 114 Å². The molecule has 2 aliphatic rings. The summed E-state index contributed by atoms with van der Waals surface area (Å²) in [4.78, 5) is 2.10. The molecule has 19 heavy (non-hydrogen) atoms. The first-order valence-electron chi connectivity index (χ1n) is 6.50. The molecular weight excluding hydrogens is 290 g/mol. The molecule has 7 nitrogen and oxygen atoms in total. The minimum atomic E-state index is -3.39. The molecule has 9 heteroatoms. The summed E-state index contributed by atoms with van der Waals surface area (Å²) in [5.41, 5.74) is 0. The first-order valence-corrected chi connectivity index (χ1v) is 9.97. The Balaban J connectivity index is 1.78. The van der Waals surface area contributed by atoms with Crippen LogP contribution < -0.4 is 10.0 Å². The van der Waals surface area contributed by atoms with Gasteiger partial charge in [-0.2, -0.15) is 0 Å². The molecule has 0 radical (unpaired) electrons. The molecular formula is C10H21N3O4S2. The predicted molar refractivity (Wildman–Crippen MR) is 73.3 cm³/mol. The summed E-state index contributed by atoms with van der Waals surface area (Å²) in [6.45, 7) is 3.97. The molecule has 2 aliphatic heterocycles. The van der Waals surface area contributed by atoms with E-state index in [4.69, 9.17) is 0 Å². The predicted octanol–water partition coefficient (Wildman–Crippen LogP) is -2.00. The first-order chi connectivity index (χ1) is 8.86. The Morgan fingerprint density at radius 3 is 2.53 bits per heavy atom. The quantitative estimate of drug-likeness (QED) is 0.610. The molecule has 2 fully saturated rings. The monoisotopic (exact) mass is 311 g/mol. The lowest BCUT2D eigenvalue weighted by Crippen LogP contribution is -2.46. The highest BCUT2D eigenvalue weighted by atomic mass is 32.2. The second-order valence-electron chi connectivity index (χ2n) is 5.13. The number of hydrogen-bond donors (Lipinski definition) is 2. The van der Waals surface area contributed by atoms with E-state index < -0.39 is 25.9 Å². The van der Waals surface area contributed by atoms with Gasteiger partial charge in [0.25, 0.3) is 0 Å². The van der Waals surface area contributed by atoms with Gasteiger partial charge in [0, 0.05) is 38.8 Å². The van der Waals surface area contributed by atoms with E-state index in [1.807, 2.05) is 0 Å². The van der Waals surface area contributed by atoms with Crippen LogP contribution in [0.15, 0.2) is 0 Å². The van der Waals surface area contributed by atoms with Crippen molar-refractivity contribution in [3.8, 4) is 0 Å². The Bertz CT molecular complexity index is 497. The molecule has 112 valence electrons. The number of nitrogens with zero attached hydrogens (tertiary/aromatic N) is 1. The molecule has 0 amide bonds. The van der Waals surface area contributed by atoms with Crippen LogP contribution in [0.1, 0.15) is 6.42 Å². The Hall–Kier alpha value is -0.220. The first kappa shape index (κ1) is 15.2. The van der Waals surface area contributed by atoms with Crippen LogP contribution in [0.4, 0.5) is 0 Å². The SMILES string of the molecule is O=S1(=O)CCC(NS(=O)(=O)CCN2CCNCC2)C1. The van der Waals surface area contributed by atoms with Crippen LogP contribution in [0.3, 0.4) is 0 Å². The summed E-state index contributed by atoms with van der Waals surface area (Å²) < 4.78 is 48.8. The van der Waals surface area contributed by atoms with Crippen molar-refractivity contribution in [2.24, 2.45) is 0 Å². The summed E-state index contributed by atoms with van der Waals surface area (Å²) in [5.74, 6) is 0.0430. The van der Waals surface area contributed by atoms with Gasteiger partial charge < -0.3 is 5.32 Å². The fraction of sp³-hybridized carbons (Fsp3) is 1.00. The summed E-state index contributed by atoms with van der Waals surface area (Å²) in [6.07, 6.45) is 0.384. The lowest BCUT2D eigenvalue weighted by molar-refractivity contribution is 0.253. The molecule has 0 bridgehead atoms. The zero-order valence-corrected chi connectivity index (χ0v) is 12.5. The van der Waals surface area contributed by atoms with E-state index in [2.05, 4.69) is 14.9 Å². The van der Waals surface area contributed by atoms with Crippen LogP contribution in [0, 0.1) is 0 Å². The number of sulfonamides is 1. The van der Waals surface area contributed by atoms with E-state index in [9.17, 15) is 16.8 Å². The molecule has 2 heterocycles. The minimum absolute atomic E-state index is 0.0313. The number of piperazine rings is 1. The van der Waals surface area contributed by atoms with Gasteiger partial charge >= 0.3 is 0 Å². The molecule has 0 aromatic heterocycles. The van der Waals surface area contributed by atoms with Crippen molar-refractivity contribution in [1.82, 2.24) is 14.9 Å². The van der Waals surface area contributed by atoms with Crippen molar-refractivity contribution in [2.45, 2.75) is 12.5 Å². The van der Waals surface area contributed by atoms with E-state index in [1.165, 1.54) is 0 Å². The third kappa shape index (κ3) is 4.99. The Kier molecular flexibility index (Phi) is 4.83. The van der Waals surface area contributed by atoms with E-state index >= 15 is 0 Å². The average Bonchev–Trinajstić information content (AvgIpc) is 2.67. The normalized spacial score (nSPS) is 28.5. The summed E-state index contributed by atoms with van der Waals surface area (Å²) >= 11 is 0. The summed E-state index contributed by atoms with van der Waals surface area (Å²) in [5, 5.41) is 3.21. The molecule has 1 atom stereocenters. The van der Waals surface area contributed by atoms with E-state index in [0.29, 0.717) is 13.0 Å². The average molecular weight is 311 g/mol. The van der Waals surface area contributed by atoms with Crippen molar-refractivity contribution >= 4 is 19.9 Å². The van der Waals surface area contributed by atoms with Gasteiger partial charge in [0.05, 0.1) is 17.3 Å². The van der Waals surface area contributed by atoms with Crippen molar-refractivity contribution in [1.29, 1.82) is 0 Å². The molecule has 0 aromatic rings. The van der Waals surface area contributed by atoms with Crippen LogP contribution in [0.5, 0.6) is 0 Å². The fourth-order valence-corrected chi connectivity index (χ4v) is 5.49. The molecule has 0 aromatic carbocycles. The minimum Gasteiger partial charge on any atom is -0.314 e. The smallest absolute Gasteiger partial charge is 0.213 e. The molecule has 0 saturated carbocycles. The van der Waals surface area contributed by atoms with Crippen LogP contribution in [-0.2, 0) is 19.9 Å². The Morgan fingerprint density at radius 1 is 1.26 bits per heavy atom.